The molecule has 0 radical (unpaired) electrons. The average molecular weight is 290 g/mol. The van der Waals surface area contributed by atoms with Gasteiger partial charge in [0.2, 0.25) is 0 Å². The van der Waals surface area contributed by atoms with Crippen LogP contribution >= 0.6 is 0 Å². The summed E-state index contributed by atoms with van der Waals surface area (Å²) in [5.41, 5.74) is 3.20. The summed E-state index contributed by atoms with van der Waals surface area (Å²) < 4.78 is 0. The smallest absolute Gasteiger partial charge is 0.0238 e. The molecule has 1 rings (SSSR count). The molecule has 0 amide bonds. The van der Waals surface area contributed by atoms with Gasteiger partial charge < -0.3 is 5.32 Å². The van der Waals surface area contributed by atoms with E-state index in [0.29, 0.717) is 0 Å². The van der Waals surface area contributed by atoms with E-state index in [1.54, 1.807) is 0 Å². The van der Waals surface area contributed by atoms with E-state index in [1.165, 1.54) is 17.5 Å². The van der Waals surface area contributed by atoms with Crippen molar-refractivity contribution in [3.8, 4) is 0 Å². The zero-order valence-electron chi connectivity index (χ0n) is 14.9. The van der Waals surface area contributed by atoms with Crippen LogP contribution in [0.3, 0.4) is 0 Å². The minimum Gasteiger partial charge on any atom is -0.316 e. The molecule has 0 heterocycles. The molecule has 2 heteroatoms. The minimum absolute atomic E-state index is 0.253. The van der Waals surface area contributed by atoms with Crippen LogP contribution in [-0.4, -0.2) is 30.6 Å². The molecule has 0 fully saturated rings. The summed E-state index contributed by atoms with van der Waals surface area (Å²) in [7, 11) is 2.23. The van der Waals surface area contributed by atoms with Gasteiger partial charge in [0, 0.05) is 12.1 Å². The van der Waals surface area contributed by atoms with Gasteiger partial charge in [0.25, 0.3) is 0 Å². The summed E-state index contributed by atoms with van der Waals surface area (Å²) in [6.45, 7) is 14.6. The van der Waals surface area contributed by atoms with Gasteiger partial charge in [-0.2, -0.15) is 0 Å². The summed E-state index contributed by atoms with van der Waals surface area (Å²) in [5.74, 6) is 0.719. The summed E-state index contributed by atoms with van der Waals surface area (Å²) >= 11 is 0. The van der Waals surface area contributed by atoms with Crippen LogP contribution in [0.25, 0.3) is 0 Å². The van der Waals surface area contributed by atoms with E-state index in [0.717, 1.165) is 32.0 Å². The highest BCUT2D eigenvalue weighted by Gasteiger charge is 2.21. The molecule has 0 saturated heterocycles. The van der Waals surface area contributed by atoms with Crippen LogP contribution in [0.1, 0.15) is 52.2 Å². The zero-order chi connectivity index (χ0) is 15.9. The van der Waals surface area contributed by atoms with E-state index in [-0.39, 0.29) is 5.54 Å². The Morgan fingerprint density at radius 2 is 1.76 bits per heavy atom. The number of rotatable bonds is 9. The second kappa shape index (κ2) is 8.55. The molecule has 0 atom stereocenters. The zero-order valence-corrected chi connectivity index (χ0v) is 14.9. The third-order valence-electron chi connectivity index (χ3n) is 4.55. The lowest BCUT2D eigenvalue weighted by molar-refractivity contribution is 0.142. The van der Waals surface area contributed by atoms with Crippen molar-refractivity contribution >= 4 is 0 Å². The van der Waals surface area contributed by atoms with Crippen LogP contribution in [0.15, 0.2) is 24.3 Å². The highest BCUT2D eigenvalue weighted by Crippen LogP contribution is 2.21. The van der Waals surface area contributed by atoms with E-state index < -0.39 is 0 Å². The Hall–Kier alpha value is -0.860. The van der Waals surface area contributed by atoms with Crippen LogP contribution in [-0.2, 0) is 13.0 Å². The van der Waals surface area contributed by atoms with Crippen LogP contribution in [0.5, 0.6) is 0 Å². The van der Waals surface area contributed by atoms with Gasteiger partial charge in [-0.3, -0.25) is 4.90 Å². The van der Waals surface area contributed by atoms with E-state index >= 15 is 0 Å². The molecule has 1 aromatic rings. The van der Waals surface area contributed by atoms with Crippen molar-refractivity contribution in [3.05, 3.63) is 35.4 Å². The Labute approximate surface area is 131 Å². The van der Waals surface area contributed by atoms with Gasteiger partial charge >= 0.3 is 0 Å². The maximum absolute atomic E-state index is 3.54. The quantitative estimate of drug-likeness (QED) is 0.689. The standard InChI is InChI=1S/C19H34N2/c1-7-19(4,5)21(6)15-18-11-9-8-10-17(18)12-13-20-14-16(2)3/h8-11,16,20H,7,12-15H2,1-6H3. The number of nitrogens with zero attached hydrogens (tertiary/aromatic N) is 1. The molecular formula is C19H34N2. The Bertz CT molecular complexity index is 410. The Balaban J connectivity index is 2.62. The van der Waals surface area contributed by atoms with Gasteiger partial charge in [-0.05, 0) is 63.9 Å². The Morgan fingerprint density at radius 3 is 2.33 bits per heavy atom. The van der Waals surface area contributed by atoms with Crippen LogP contribution in [0.2, 0.25) is 0 Å². The Kier molecular flexibility index (Phi) is 7.41. The van der Waals surface area contributed by atoms with Crippen molar-refractivity contribution in [1.29, 1.82) is 0 Å². The third-order valence-corrected chi connectivity index (χ3v) is 4.55. The second-order valence-electron chi connectivity index (χ2n) is 7.14. The molecule has 21 heavy (non-hydrogen) atoms. The van der Waals surface area contributed by atoms with Crippen LogP contribution < -0.4 is 5.32 Å². The summed E-state index contributed by atoms with van der Waals surface area (Å²) in [6.07, 6.45) is 2.28. The normalized spacial score (nSPS) is 12.4. The molecule has 120 valence electrons. The molecule has 2 nitrogen and oxygen atoms in total. The first kappa shape index (κ1) is 18.2. The van der Waals surface area contributed by atoms with E-state index in [4.69, 9.17) is 0 Å². The highest BCUT2D eigenvalue weighted by molar-refractivity contribution is 5.27. The van der Waals surface area contributed by atoms with E-state index in [2.05, 4.69) is 76.1 Å². The molecular weight excluding hydrogens is 256 g/mol. The SMILES string of the molecule is CCC(C)(C)N(C)Cc1ccccc1CCNCC(C)C. The lowest BCUT2D eigenvalue weighted by Gasteiger charge is -2.35. The number of benzene rings is 1. The fraction of sp³-hybridized carbons (Fsp3) is 0.684. The summed E-state index contributed by atoms with van der Waals surface area (Å²) in [4.78, 5) is 2.47. The fourth-order valence-corrected chi connectivity index (χ4v) is 2.31. The van der Waals surface area contributed by atoms with Gasteiger partial charge in [-0.1, -0.05) is 45.0 Å². The molecule has 0 aliphatic rings. The minimum atomic E-state index is 0.253. The number of hydrogen-bond donors (Lipinski definition) is 1. The lowest BCUT2D eigenvalue weighted by atomic mass is 9.97. The van der Waals surface area contributed by atoms with E-state index in [9.17, 15) is 0 Å². The largest absolute Gasteiger partial charge is 0.316 e. The monoisotopic (exact) mass is 290 g/mol. The van der Waals surface area contributed by atoms with Gasteiger partial charge in [0.15, 0.2) is 0 Å². The van der Waals surface area contributed by atoms with Crippen molar-refractivity contribution in [2.45, 2.75) is 59.5 Å². The van der Waals surface area contributed by atoms with Crippen molar-refractivity contribution < 1.29 is 0 Å². The molecule has 0 aromatic heterocycles. The molecule has 0 spiro atoms. The second-order valence-corrected chi connectivity index (χ2v) is 7.14. The first-order valence-corrected chi connectivity index (χ1v) is 8.35. The molecule has 0 bridgehead atoms. The predicted molar refractivity (Wildman–Crippen MR) is 93.7 cm³/mol. The average Bonchev–Trinajstić information content (AvgIpc) is 2.44. The topological polar surface area (TPSA) is 15.3 Å². The summed E-state index contributed by atoms with van der Waals surface area (Å²) in [5, 5.41) is 3.54. The molecule has 1 aromatic carbocycles. The van der Waals surface area contributed by atoms with Crippen LogP contribution in [0.4, 0.5) is 0 Å². The maximum atomic E-state index is 3.54. The molecule has 0 aliphatic carbocycles. The van der Waals surface area contributed by atoms with Gasteiger partial charge in [-0.15, -0.1) is 0 Å². The van der Waals surface area contributed by atoms with Crippen molar-refractivity contribution in [2.24, 2.45) is 5.92 Å². The van der Waals surface area contributed by atoms with Gasteiger partial charge in [0.05, 0.1) is 0 Å². The predicted octanol–water partition coefficient (Wildman–Crippen LogP) is 4.10. The summed E-state index contributed by atoms with van der Waals surface area (Å²) in [6, 6.07) is 8.87. The van der Waals surface area contributed by atoms with Crippen LogP contribution in [0, 0.1) is 5.92 Å². The van der Waals surface area contributed by atoms with E-state index in [1.807, 2.05) is 0 Å². The van der Waals surface area contributed by atoms with Crippen molar-refractivity contribution in [3.63, 3.8) is 0 Å². The molecule has 1 N–H and O–H groups in total. The first-order chi connectivity index (χ1) is 9.86. The third kappa shape index (κ3) is 6.19. The van der Waals surface area contributed by atoms with Crippen molar-refractivity contribution in [1.82, 2.24) is 10.2 Å². The maximum Gasteiger partial charge on any atom is 0.0238 e. The Morgan fingerprint density at radius 1 is 1.14 bits per heavy atom. The number of hydrogen-bond acceptors (Lipinski definition) is 2. The van der Waals surface area contributed by atoms with Crippen molar-refractivity contribution in [2.75, 3.05) is 20.1 Å². The highest BCUT2D eigenvalue weighted by atomic mass is 15.2. The lowest BCUT2D eigenvalue weighted by Crippen LogP contribution is -2.40. The molecule has 0 aliphatic heterocycles. The molecule has 0 unspecified atom stereocenters. The number of nitrogens with one attached hydrogen (secondary N) is 1. The first-order valence-electron chi connectivity index (χ1n) is 8.35. The van der Waals surface area contributed by atoms with Gasteiger partial charge in [-0.25, -0.2) is 0 Å². The van der Waals surface area contributed by atoms with Gasteiger partial charge in [0.1, 0.15) is 0 Å². The molecule has 0 saturated carbocycles. The fourth-order valence-electron chi connectivity index (χ4n) is 2.31.